The number of urea groups is 1. The Hall–Kier alpha value is -1.63. The van der Waals surface area contributed by atoms with Gasteiger partial charge in [-0.05, 0) is 12.8 Å². The first kappa shape index (κ1) is 14.8. The largest absolute Gasteiger partial charge is 0.469 e. The molecule has 0 radical (unpaired) electrons. The fourth-order valence-electron chi connectivity index (χ4n) is 2.11. The summed E-state index contributed by atoms with van der Waals surface area (Å²) in [5, 5.41) is 5.08. The number of ether oxygens (including phenoxy) is 1. The first-order valence-electron chi connectivity index (χ1n) is 6.76. The summed E-state index contributed by atoms with van der Waals surface area (Å²) in [6.07, 6.45) is 4.61. The van der Waals surface area contributed by atoms with E-state index in [1.807, 2.05) is 4.90 Å². The maximum Gasteiger partial charge on any atom is 0.323 e. The Bertz CT molecular complexity index is 467. The van der Waals surface area contributed by atoms with Gasteiger partial charge in [-0.2, -0.15) is 0 Å². The summed E-state index contributed by atoms with van der Waals surface area (Å²) < 4.78 is 4.58. The molecule has 1 aromatic heterocycles. The number of likely N-dealkylation sites (tertiary alicyclic amines) is 1. The summed E-state index contributed by atoms with van der Waals surface area (Å²) in [7, 11) is 1.34. The Labute approximate surface area is 122 Å². The average Bonchev–Trinajstić information content (AvgIpc) is 2.71. The molecule has 0 aromatic carbocycles. The number of methoxy groups -OCH3 is 1. The van der Waals surface area contributed by atoms with Crippen molar-refractivity contribution in [2.75, 3.05) is 25.5 Å². The molecular formula is C13H19N3O3S. The molecule has 2 amide bonds. The Morgan fingerprint density at radius 2 is 2.05 bits per heavy atom. The SMILES string of the molecule is COC(=O)Cc1csc(NC(=O)N2CCCCCC2)n1. The lowest BCUT2D eigenvalue weighted by Gasteiger charge is -2.19. The lowest BCUT2D eigenvalue weighted by atomic mass is 10.2. The van der Waals surface area contributed by atoms with Gasteiger partial charge in [0.05, 0.1) is 19.2 Å². The molecule has 6 nitrogen and oxygen atoms in total. The second-order valence-corrected chi connectivity index (χ2v) is 5.59. The fraction of sp³-hybridized carbons (Fsp3) is 0.615. The van der Waals surface area contributed by atoms with Crippen LogP contribution >= 0.6 is 11.3 Å². The van der Waals surface area contributed by atoms with Crippen molar-refractivity contribution < 1.29 is 14.3 Å². The number of nitrogens with one attached hydrogen (secondary N) is 1. The monoisotopic (exact) mass is 297 g/mol. The zero-order chi connectivity index (χ0) is 14.4. The molecule has 7 heteroatoms. The van der Waals surface area contributed by atoms with Gasteiger partial charge in [-0.1, -0.05) is 12.8 Å². The highest BCUT2D eigenvalue weighted by Crippen LogP contribution is 2.17. The Balaban J connectivity index is 1.89. The number of esters is 1. The summed E-state index contributed by atoms with van der Waals surface area (Å²) >= 11 is 1.32. The third kappa shape index (κ3) is 4.19. The number of rotatable bonds is 3. The third-order valence-electron chi connectivity index (χ3n) is 3.21. The van der Waals surface area contributed by atoms with Gasteiger partial charge in [0, 0.05) is 18.5 Å². The predicted molar refractivity (Wildman–Crippen MR) is 76.9 cm³/mol. The standard InChI is InChI=1S/C13H19N3O3S/c1-19-11(17)8-10-9-20-12(14-10)15-13(18)16-6-4-2-3-5-7-16/h9H,2-8H2,1H3,(H,14,15,18). The highest BCUT2D eigenvalue weighted by atomic mass is 32.1. The van der Waals surface area contributed by atoms with E-state index in [1.54, 1.807) is 5.38 Å². The average molecular weight is 297 g/mol. The van der Waals surface area contributed by atoms with E-state index >= 15 is 0 Å². The van der Waals surface area contributed by atoms with Crippen molar-refractivity contribution in [2.45, 2.75) is 32.1 Å². The van der Waals surface area contributed by atoms with Gasteiger partial charge in [-0.15, -0.1) is 11.3 Å². The molecule has 0 unspecified atom stereocenters. The van der Waals surface area contributed by atoms with Crippen LogP contribution in [0.2, 0.25) is 0 Å². The first-order valence-corrected chi connectivity index (χ1v) is 7.64. The van der Waals surface area contributed by atoms with Crippen molar-refractivity contribution in [2.24, 2.45) is 0 Å². The quantitative estimate of drug-likeness (QED) is 0.869. The van der Waals surface area contributed by atoms with Gasteiger partial charge in [0.25, 0.3) is 0 Å². The molecule has 0 bridgehead atoms. The number of carbonyl (C=O) groups excluding carboxylic acids is 2. The molecule has 0 saturated carbocycles. The molecule has 110 valence electrons. The molecule has 1 saturated heterocycles. The van der Waals surface area contributed by atoms with Crippen molar-refractivity contribution >= 4 is 28.5 Å². The van der Waals surface area contributed by atoms with E-state index in [9.17, 15) is 9.59 Å². The fourth-order valence-corrected chi connectivity index (χ4v) is 2.81. The van der Waals surface area contributed by atoms with E-state index in [0.717, 1.165) is 25.9 Å². The molecular weight excluding hydrogens is 278 g/mol. The summed E-state index contributed by atoms with van der Waals surface area (Å²) in [6, 6.07) is -0.106. The van der Waals surface area contributed by atoms with Crippen molar-refractivity contribution in [3.8, 4) is 0 Å². The van der Waals surface area contributed by atoms with Crippen LogP contribution in [0.3, 0.4) is 0 Å². The molecule has 1 aliphatic rings. The van der Waals surface area contributed by atoms with Crippen LogP contribution in [0.5, 0.6) is 0 Å². The number of thiazole rings is 1. The van der Waals surface area contributed by atoms with E-state index in [-0.39, 0.29) is 18.4 Å². The maximum atomic E-state index is 12.1. The summed E-state index contributed by atoms with van der Waals surface area (Å²) in [5.41, 5.74) is 0.619. The normalized spacial score (nSPS) is 15.6. The van der Waals surface area contributed by atoms with E-state index in [0.29, 0.717) is 10.8 Å². The third-order valence-corrected chi connectivity index (χ3v) is 4.02. The van der Waals surface area contributed by atoms with Crippen LogP contribution < -0.4 is 5.32 Å². The maximum absolute atomic E-state index is 12.1. The molecule has 1 fully saturated rings. The second-order valence-electron chi connectivity index (χ2n) is 4.73. The lowest BCUT2D eigenvalue weighted by Crippen LogP contribution is -2.35. The molecule has 1 aromatic rings. The van der Waals surface area contributed by atoms with Crippen molar-refractivity contribution in [3.63, 3.8) is 0 Å². The zero-order valence-electron chi connectivity index (χ0n) is 11.6. The molecule has 2 rings (SSSR count). The molecule has 0 aliphatic carbocycles. The molecule has 20 heavy (non-hydrogen) atoms. The van der Waals surface area contributed by atoms with Gasteiger partial charge >= 0.3 is 12.0 Å². The first-order chi connectivity index (χ1) is 9.69. The minimum atomic E-state index is -0.333. The van der Waals surface area contributed by atoms with Crippen LogP contribution in [0.1, 0.15) is 31.4 Å². The van der Waals surface area contributed by atoms with Gasteiger partial charge in [-0.25, -0.2) is 9.78 Å². The molecule has 0 spiro atoms. The van der Waals surface area contributed by atoms with Crippen molar-refractivity contribution in [1.82, 2.24) is 9.88 Å². The smallest absolute Gasteiger partial charge is 0.323 e. The molecule has 1 aliphatic heterocycles. The molecule has 1 N–H and O–H groups in total. The number of aromatic nitrogens is 1. The minimum absolute atomic E-state index is 0.106. The minimum Gasteiger partial charge on any atom is -0.469 e. The summed E-state index contributed by atoms with van der Waals surface area (Å²) in [4.78, 5) is 29.3. The van der Waals surface area contributed by atoms with Crippen LogP contribution in [-0.4, -0.2) is 42.1 Å². The van der Waals surface area contributed by atoms with Gasteiger partial charge in [0.2, 0.25) is 0 Å². The van der Waals surface area contributed by atoms with Crippen LogP contribution in [0.25, 0.3) is 0 Å². The van der Waals surface area contributed by atoms with Gasteiger partial charge in [0.1, 0.15) is 0 Å². The van der Waals surface area contributed by atoms with E-state index in [4.69, 9.17) is 0 Å². The number of carbonyl (C=O) groups is 2. The van der Waals surface area contributed by atoms with Crippen molar-refractivity contribution in [3.05, 3.63) is 11.1 Å². The van der Waals surface area contributed by atoms with Crippen LogP contribution in [-0.2, 0) is 16.0 Å². The predicted octanol–water partition coefficient (Wildman–Crippen LogP) is 2.27. The molecule has 0 atom stereocenters. The zero-order valence-corrected chi connectivity index (χ0v) is 12.4. The lowest BCUT2D eigenvalue weighted by molar-refractivity contribution is -0.139. The van der Waals surface area contributed by atoms with Crippen LogP contribution in [0.4, 0.5) is 9.93 Å². The Morgan fingerprint density at radius 1 is 1.35 bits per heavy atom. The topological polar surface area (TPSA) is 71.5 Å². The van der Waals surface area contributed by atoms with E-state index in [1.165, 1.54) is 31.3 Å². The van der Waals surface area contributed by atoms with E-state index in [2.05, 4.69) is 15.0 Å². The van der Waals surface area contributed by atoms with Gasteiger partial charge in [-0.3, -0.25) is 10.1 Å². The highest BCUT2D eigenvalue weighted by Gasteiger charge is 2.17. The number of hydrogen-bond acceptors (Lipinski definition) is 5. The second kappa shape index (κ2) is 7.23. The number of nitrogens with zero attached hydrogens (tertiary/aromatic N) is 2. The Kier molecular flexibility index (Phi) is 5.34. The highest BCUT2D eigenvalue weighted by molar-refractivity contribution is 7.13. The van der Waals surface area contributed by atoms with E-state index < -0.39 is 0 Å². The Morgan fingerprint density at radius 3 is 2.70 bits per heavy atom. The van der Waals surface area contributed by atoms with Gasteiger partial charge < -0.3 is 9.64 Å². The van der Waals surface area contributed by atoms with Crippen molar-refractivity contribution in [1.29, 1.82) is 0 Å². The number of amides is 2. The van der Waals surface area contributed by atoms with Crippen LogP contribution in [0.15, 0.2) is 5.38 Å². The summed E-state index contributed by atoms with van der Waals surface area (Å²) in [5.74, 6) is -0.333. The number of hydrogen-bond donors (Lipinski definition) is 1. The van der Waals surface area contributed by atoms with Gasteiger partial charge in [0.15, 0.2) is 5.13 Å². The molecule has 2 heterocycles. The summed E-state index contributed by atoms with van der Waals surface area (Å²) in [6.45, 7) is 1.60. The number of anilines is 1. The van der Waals surface area contributed by atoms with Crippen LogP contribution in [0, 0.1) is 0 Å².